The Morgan fingerprint density at radius 1 is 1.50 bits per heavy atom. The van der Waals surface area contributed by atoms with Crippen molar-refractivity contribution in [1.29, 1.82) is 0 Å². The number of alkyl halides is 3. The molecule has 1 N–H and O–H groups in total. The van der Waals surface area contributed by atoms with E-state index in [-0.39, 0.29) is 6.54 Å². The summed E-state index contributed by atoms with van der Waals surface area (Å²) in [6.45, 7) is 1.38. The van der Waals surface area contributed by atoms with E-state index in [0.29, 0.717) is 5.75 Å². The Kier molecular flexibility index (Phi) is 5.24. The van der Waals surface area contributed by atoms with Crippen molar-refractivity contribution >= 4 is 28.5 Å². The summed E-state index contributed by atoms with van der Waals surface area (Å²) in [6, 6.07) is 7.09. The van der Waals surface area contributed by atoms with Gasteiger partial charge in [0.25, 0.3) is 0 Å². The summed E-state index contributed by atoms with van der Waals surface area (Å²) in [6.07, 6.45) is -5.41. The van der Waals surface area contributed by atoms with Gasteiger partial charge in [-0.2, -0.15) is 13.2 Å². The fourth-order valence-electron chi connectivity index (χ4n) is 1.15. The molecule has 1 rings (SSSR count). The number of rotatable bonds is 4. The van der Waals surface area contributed by atoms with Gasteiger partial charge in [0.2, 0.25) is 0 Å². The van der Waals surface area contributed by atoms with Gasteiger partial charge in [-0.1, -0.05) is 6.07 Å². The SMILES string of the molecule is C[C@@H](CNC(=O)C(F)(F)F)Oc1cccc(I)c1. The van der Waals surface area contributed by atoms with E-state index in [0.717, 1.165) is 3.57 Å². The van der Waals surface area contributed by atoms with Gasteiger partial charge in [-0.15, -0.1) is 0 Å². The monoisotopic (exact) mass is 373 g/mol. The molecule has 100 valence electrons. The molecule has 0 radical (unpaired) electrons. The summed E-state index contributed by atoms with van der Waals surface area (Å²) in [4.78, 5) is 10.6. The molecule has 1 aromatic rings. The van der Waals surface area contributed by atoms with Gasteiger partial charge in [0, 0.05) is 3.57 Å². The highest BCUT2D eigenvalue weighted by Gasteiger charge is 2.38. The maximum atomic E-state index is 11.9. The zero-order valence-electron chi connectivity index (χ0n) is 9.42. The van der Waals surface area contributed by atoms with Crippen LogP contribution in [0.4, 0.5) is 13.2 Å². The lowest BCUT2D eigenvalue weighted by molar-refractivity contribution is -0.173. The van der Waals surface area contributed by atoms with Gasteiger partial charge in [0.15, 0.2) is 0 Å². The summed E-state index contributed by atoms with van der Waals surface area (Å²) in [5.74, 6) is -1.41. The van der Waals surface area contributed by atoms with Crippen LogP contribution in [0.25, 0.3) is 0 Å². The minimum atomic E-state index is -4.86. The summed E-state index contributed by atoms with van der Waals surface area (Å²) in [5, 5.41) is 1.77. The second-order valence-corrected chi connectivity index (χ2v) is 4.84. The molecule has 18 heavy (non-hydrogen) atoms. The fourth-order valence-corrected chi connectivity index (χ4v) is 1.67. The van der Waals surface area contributed by atoms with Crippen molar-refractivity contribution in [2.24, 2.45) is 0 Å². The topological polar surface area (TPSA) is 38.3 Å². The van der Waals surface area contributed by atoms with Crippen LogP contribution in [0.5, 0.6) is 5.75 Å². The highest BCUT2D eigenvalue weighted by molar-refractivity contribution is 14.1. The highest BCUT2D eigenvalue weighted by Crippen LogP contribution is 2.17. The van der Waals surface area contributed by atoms with Gasteiger partial charge >= 0.3 is 12.1 Å². The Labute approximate surface area is 116 Å². The number of benzene rings is 1. The molecular formula is C11H11F3INO2. The first-order valence-electron chi connectivity index (χ1n) is 5.06. The lowest BCUT2D eigenvalue weighted by Crippen LogP contribution is -2.41. The molecule has 3 nitrogen and oxygen atoms in total. The molecule has 0 saturated carbocycles. The van der Waals surface area contributed by atoms with E-state index in [4.69, 9.17) is 4.74 Å². The standard InChI is InChI=1S/C11H11F3INO2/c1-7(6-16-10(17)11(12,13)14)18-9-4-2-3-8(15)5-9/h2-5,7H,6H2,1H3,(H,16,17)/t7-/m0/s1. The van der Waals surface area contributed by atoms with Crippen LogP contribution in [0, 0.1) is 3.57 Å². The average molecular weight is 373 g/mol. The van der Waals surface area contributed by atoms with Gasteiger partial charge < -0.3 is 10.1 Å². The first-order valence-corrected chi connectivity index (χ1v) is 6.14. The summed E-state index contributed by atoms with van der Waals surface area (Å²) < 4.78 is 42.1. The van der Waals surface area contributed by atoms with Crippen LogP contribution in [0.2, 0.25) is 0 Å². The number of hydrogen-bond acceptors (Lipinski definition) is 2. The number of amides is 1. The normalized spacial score (nSPS) is 12.9. The zero-order chi connectivity index (χ0) is 13.8. The molecule has 0 aliphatic rings. The molecule has 0 saturated heterocycles. The molecule has 1 aromatic carbocycles. The molecule has 0 unspecified atom stereocenters. The van der Waals surface area contributed by atoms with E-state index < -0.39 is 18.2 Å². The van der Waals surface area contributed by atoms with Crippen LogP contribution in [-0.4, -0.2) is 24.7 Å². The van der Waals surface area contributed by atoms with Crippen LogP contribution in [-0.2, 0) is 4.79 Å². The van der Waals surface area contributed by atoms with Gasteiger partial charge in [0.1, 0.15) is 11.9 Å². The number of hydrogen-bond donors (Lipinski definition) is 1. The van der Waals surface area contributed by atoms with Crippen molar-refractivity contribution in [3.05, 3.63) is 27.8 Å². The third-order valence-electron chi connectivity index (χ3n) is 1.94. The molecule has 0 fully saturated rings. The largest absolute Gasteiger partial charge is 0.489 e. The Balaban J connectivity index is 2.43. The van der Waals surface area contributed by atoms with E-state index in [1.54, 1.807) is 30.4 Å². The predicted octanol–water partition coefficient (Wildman–Crippen LogP) is 2.74. The van der Waals surface area contributed by atoms with Crippen molar-refractivity contribution in [2.45, 2.75) is 19.2 Å². The third-order valence-corrected chi connectivity index (χ3v) is 2.61. The lowest BCUT2D eigenvalue weighted by atomic mass is 10.3. The molecular weight excluding hydrogens is 362 g/mol. The molecule has 0 heterocycles. The van der Waals surface area contributed by atoms with E-state index in [9.17, 15) is 18.0 Å². The first kappa shape index (κ1) is 15.1. The number of carbonyl (C=O) groups excluding carboxylic acids is 1. The molecule has 1 amide bonds. The van der Waals surface area contributed by atoms with E-state index >= 15 is 0 Å². The smallest absolute Gasteiger partial charge is 0.471 e. The van der Waals surface area contributed by atoms with E-state index in [2.05, 4.69) is 22.6 Å². The van der Waals surface area contributed by atoms with Crippen LogP contribution >= 0.6 is 22.6 Å². The lowest BCUT2D eigenvalue weighted by Gasteiger charge is -2.16. The molecule has 7 heteroatoms. The van der Waals surface area contributed by atoms with Crippen LogP contribution < -0.4 is 10.1 Å². The van der Waals surface area contributed by atoms with Gasteiger partial charge in [0.05, 0.1) is 6.54 Å². The van der Waals surface area contributed by atoms with Crippen molar-refractivity contribution in [3.63, 3.8) is 0 Å². The Morgan fingerprint density at radius 3 is 2.72 bits per heavy atom. The maximum absolute atomic E-state index is 11.9. The van der Waals surface area contributed by atoms with Gasteiger partial charge in [-0.25, -0.2) is 0 Å². The number of ether oxygens (including phenoxy) is 1. The molecule has 0 aliphatic heterocycles. The van der Waals surface area contributed by atoms with Crippen molar-refractivity contribution < 1.29 is 22.7 Å². The average Bonchev–Trinajstić information content (AvgIpc) is 2.24. The van der Waals surface area contributed by atoms with Crippen LogP contribution in [0.1, 0.15) is 6.92 Å². The van der Waals surface area contributed by atoms with Crippen LogP contribution in [0.15, 0.2) is 24.3 Å². The molecule has 0 spiro atoms. The number of nitrogens with one attached hydrogen (secondary N) is 1. The van der Waals surface area contributed by atoms with Gasteiger partial charge in [-0.05, 0) is 47.7 Å². The Bertz CT molecular complexity index is 423. The van der Waals surface area contributed by atoms with E-state index in [1.165, 1.54) is 0 Å². The third kappa shape index (κ3) is 5.11. The summed E-state index contributed by atoms with van der Waals surface area (Å²) >= 11 is 2.10. The van der Waals surface area contributed by atoms with Crippen molar-refractivity contribution in [2.75, 3.05) is 6.54 Å². The minimum Gasteiger partial charge on any atom is -0.489 e. The number of halogens is 4. The predicted molar refractivity (Wildman–Crippen MR) is 68.3 cm³/mol. The van der Waals surface area contributed by atoms with Crippen molar-refractivity contribution in [3.8, 4) is 5.75 Å². The van der Waals surface area contributed by atoms with Crippen LogP contribution in [0.3, 0.4) is 0 Å². The zero-order valence-corrected chi connectivity index (χ0v) is 11.6. The Morgan fingerprint density at radius 2 is 2.17 bits per heavy atom. The fraction of sp³-hybridized carbons (Fsp3) is 0.364. The molecule has 0 bridgehead atoms. The highest BCUT2D eigenvalue weighted by atomic mass is 127. The quantitative estimate of drug-likeness (QED) is 0.825. The maximum Gasteiger partial charge on any atom is 0.471 e. The Hall–Kier alpha value is -0.990. The molecule has 0 aliphatic carbocycles. The second-order valence-electron chi connectivity index (χ2n) is 3.59. The first-order chi connectivity index (χ1) is 8.29. The van der Waals surface area contributed by atoms with Crippen molar-refractivity contribution in [1.82, 2.24) is 5.32 Å². The summed E-state index contributed by atoms with van der Waals surface area (Å²) in [7, 11) is 0. The second kappa shape index (κ2) is 6.26. The number of carbonyl (C=O) groups is 1. The molecule has 0 aromatic heterocycles. The molecule has 1 atom stereocenters. The summed E-state index contributed by atoms with van der Waals surface area (Å²) in [5.41, 5.74) is 0. The van der Waals surface area contributed by atoms with E-state index in [1.807, 2.05) is 6.07 Å². The minimum absolute atomic E-state index is 0.205. The van der Waals surface area contributed by atoms with Gasteiger partial charge in [-0.3, -0.25) is 4.79 Å².